The molecule has 7 aromatic rings. The first kappa shape index (κ1) is 32.4. The van der Waals surface area contributed by atoms with Gasteiger partial charge in [-0.3, -0.25) is 0 Å². The van der Waals surface area contributed by atoms with E-state index in [0.29, 0.717) is 5.92 Å². The molecular formula is C55H39NO. The van der Waals surface area contributed by atoms with E-state index < -0.39 is 0 Å². The molecule has 0 N–H and O–H groups in total. The number of allylic oxidation sites excluding steroid dienone is 17. The van der Waals surface area contributed by atoms with Crippen LogP contribution >= 0.6 is 0 Å². The lowest BCUT2D eigenvalue weighted by atomic mass is 9.72. The van der Waals surface area contributed by atoms with Gasteiger partial charge in [-0.25, -0.2) is 0 Å². The standard InChI is InChI=1S/C55H39NO/c1-2-16-35(17-3-1)53-42-23-7-9-25-44(42)54(45-26-10-8-24-43(45)53)46-31-33-50(39-20-6-5-19-38(39)46)56-49-28-14-12-21-40(49)48-34-36(30-32-51(48)56)37-18-4-11-27-47-41-22-13-15-29-52(41)57-55(37)47/h1-16,18-35,38-39,47H,17H2. The second-order valence-corrected chi connectivity index (χ2v) is 15.8. The van der Waals surface area contributed by atoms with Crippen molar-refractivity contribution in [3.8, 4) is 5.75 Å². The average Bonchev–Trinajstić information content (AvgIpc) is 3.72. The summed E-state index contributed by atoms with van der Waals surface area (Å²) in [5.74, 6) is 2.73. The normalized spacial score (nSPS) is 21.8. The van der Waals surface area contributed by atoms with Gasteiger partial charge in [-0.2, -0.15) is 0 Å². The van der Waals surface area contributed by atoms with E-state index in [-0.39, 0.29) is 17.8 Å². The molecule has 1 aromatic heterocycles. The second kappa shape index (κ2) is 12.8. The topological polar surface area (TPSA) is 14.2 Å². The third kappa shape index (κ3) is 4.90. The summed E-state index contributed by atoms with van der Waals surface area (Å²) in [6.07, 6.45) is 33.0. The number of aromatic nitrogens is 1. The van der Waals surface area contributed by atoms with Crippen LogP contribution < -0.4 is 4.74 Å². The van der Waals surface area contributed by atoms with Gasteiger partial charge >= 0.3 is 0 Å². The van der Waals surface area contributed by atoms with Crippen LogP contribution in [-0.2, 0) is 0 Å². The van der Waals surface area contributed by atoms with E-state index in [1.165, 1.54) is 76.9 Å². The Morgan fingerprint density at radius 2 is 1.23 bits per heavy atom. The van der Waals surface area contributed by atoms with Crippen molar-refractivity contribution in [3.63, 3.8) is 0 Å². The van der Waals surface area contributed by atoms with Crippen LogP contribution in [0.4, 0.5) is 0 Å². The minimum absolute atomic E-state index is 0.103. The van der Waals surface area contributed by atoms with E-state index in [1.54, 1.807) is 0 Å². The molecule has 0 fully saturated rings. The SMILES string of the molecule is C1=CCC(c2c3ccccc3c(C3=CC=C(n4c5ccccc5c5cc(C6=C7Oc8ccccc8C7C=CC=C6)ccc54)C4C=CC=CC34)c3ccccc23)C=C1. The Kier molecular flexibility index (Phi) is 7.28. The Balaban J connectivity index is 1.05. The van der Waals surface area contributed by atoms with Gasteiger partial charge in [-0.05, 0) is 80.6 Å². The number of hydrogen-bond acceptors (Lipinski definition) is 1. The first-order valence-electron chi connectivity index (χ1n) is 20.3. The van der Waals surface area contributed by atoms with Gasteiger partial charge in [0.2, 0.25) is 0 Å². The van der Waals surface area contributed by atoms with Gasteiger partial charge in [0.1, 0.15) is 11.5 Å². The van der Waals surface area contributed by atoms with Gasteiger partial charge in [0, 0.05) is 45.4 Å². The van der Waals surface area contributed by atoms with Crippen LogP contribution in [0.1, 0.15) is 40.5 Å². The molecule has 6 aromatic carbocycles. The summed E-state index contributed by atoms with van der Waals surface area (Å²) in [6.45, 7) is 0. The van der Waals surface area contributed by atoms with Gasteiger partial charge in [-0.15, -0.1) is 0 Å². The van der Waals surface area contributed by atoms with Crippen molar-refractivity contribution in [2.24, 2.45) is 11.8 Å². The fourth-order valence-corrected chi connectivity index (χ4v) is 10.4. The summed E-state index contributed by atoms with van der Waals surface area (Å²) in [7, 11) is 0. The Hall–Kier alpha value is -6.90. The largest absolute Gasteiger partial charge is 0.460 e. The minimum atomic E-state index is 0.103. The summed E-state index contributed by atoms with van der Waals surface area (Å²) < 4.78 is 9.12. The highest BCUT2D eigenvalue weighted by atomic mass is 16.5. The van der Waals surface area contributed by atoms with Crippen molar-refractivity contribution >= 4 is 60.2 Å². The predicted octanol–water partition coefficient (Wildman–Crippen LogP) is 14.0. The summed E-state index contributed by atoms with van der Waals surface area (Å²) >= 11 is 0. The zero-order valence-electron chi connectivity index (χ0n) is 31.4. The summed E-state index contributed by atoms with van der Waals surface area (Å²) in [5, 5.41) is 7.87. The molecule has 4 atom stereocenters. The van der Waals surface area contributed by atoms with Crippen molar-refractivity contribution < 1.29 is 4.74 Å². The highest BCUT2D eigenvalue weighted by Crippen LogP contribution is 2.51. The Morgan fingerprint density at radius 3 is 2.04 bits per heavy atom. The molecule has 0 bridgehead atoms. The van der Waals surface area contributed by atoms with Gasteiger partial charge in [-0.1, -0.05) is 170 Å². The summed E-state index contributed by atoms with van der Waals surface area (Å²) in [5.41, 5.74) is 11.4. The van der Waals surface area contributed by atoms with E-state index in [1.807, 2.05) is 0 Å². The molecule has 270 valence electrons. The number of fused-ring (bicyclic) bond motifs is 9. The Morgan fingerprint density at radius 1 is 0.544 bits per heavy atom. The van der Waals surface area contributed by atoms with E-state index in [9.17, 15) is 0 Å². The first-order chi connectivity index (χ1) is 28.3. The Labute approximate surface area is 332 Å². The van der Waals surface area contributed by atoms with Crippen LogP contribution in [-0.4, -0.2) is 4.57 Å². The van der Waals surface area contributed by atoms with Crippen LogP contribution in [0.5, 0.6) is 5.75 Å². The molecule has 0 saturated heterocycles. The number of benzene rings is 6. The lowest BCUT2D eigenvalue weighted by Crippen LogP contribution is -2.22. The maximum absolute atomic E-state index is 6.59. The molecule has 0 amide bonds. The van der Waals surface area contributed by atoms with Gasteiger partial charge < -0.3 is 9.30 Å². The van der Waals surface area contributed by atoms with E-state index >= 15 is 0 Å². The van der Waals surface area contributed by atoms with Crippen LogP contribution in [0.15, 0.2) is 206 Å². The molecule has 12 rings (SSSR count). The van der Waals surface area contributed by atoms with Crippen molar-refractivity contribution in [3.05, 3.63) is 228 Å². The molecule has 0 saturated carbocycles. The maximum atomic E-state index is 6.59. The zero-order chi connectivity index (χ0) is 37.5. The summed E-state index contributed by atoms with van der Waals surface area (Å²) in [4.78, 5) is 0. The first-order valence-corrected chi connectivity index (χ1v) is 20.3. The molecule has 4 unspecified atom stereocenters. The molecule has 2 heterocycles. The number of ether oxygens (including phenoxy) is 1. The smallest absolute Gasteiger partial charge is 0.131 e. The summed E-state index contributed by atoms with van der Waals surface area (Å²) in [6, 6.07) is 42.5. The molecule has 0 spiro atoms. The third-order valence-electron chi connectivity index (χ3n) is 12.8. The Bertz CT molecular complexity index is 3090. The van der Waals surface area contributed by atoms with Crippen LogP contribution in [0.2, 0.25) is 0 Å². The monoisotopic (exact) mass is 729 g/mol. The number of nitrogens with zero attached hydrogens (tertiary/aromatic N) is 1. The van der Waals surface area contributed by atoms with Gasteiger partial charge in [0.25, 0.3) is 0 Å². The predicted molar refractivity (Wildman–Crippen MR) is 239 cm³/mol. The van der Waals surface area contributed by atoms with Gasteiger partial charge in [0.15, 0.2) is 0 Å². The zero-order valence-corrected chi connectivity index (χ0v) is 31.4. The fourth-order valence-electron chi connectivity index (χ4n) is 10.4. The quantitative estimate of drug-likeness (QED) is 0.165. The molecule has 2 nitrogen and oxygen atoms in total. The lowest BCUT2D eigenvalue weighted by molar-refractivity contribution is 0.442. The van der Waals surface area contributed by atoms with Crippen LogP contribution in [0.25, 0.3) is 60.2 Å². The molecule has 4 aliphatic carbocycles. The molecule has 57 heavy (non-hydrogen) atoms. The van der Waals surface area contributed by atoms with E-state index in [4.69, 9.17) is 4.74 Å². The van der Waals surface area contributed by atoms with Crippen molar-refractivity contribution in [1.82, 2.24) is 4.57 Å². The highest BCUT2D eigenvalue weighted by Gasteiger charge is 2.34. The van der Waals surface area contributed by atoms with Crippen LogP contribution in [0.3, 0.4) is 0 Å². The fraction of sp³-hybridized carbons (Fsp3) is 0.0909. The van der Waals surface area contributed by atoms with Crippen molar-refractivity contribution in [2.75, 3.05) is 0 Å². The molecule has 1 aliphatic heterocycles. The second-order valence-electron chi connectivity index (χ2n) is 15.8. The van der Waals surface area contributed by atoms with E-state index in [0.717, 1.165) is 23.5 Å². The number of rotatable bonds is 4. The minimum Gasteiger partial charge on any atom is -0.460 e. The third-order valence-corrected chi connectivity index (χ3v) is 12.8. The lowest BCUT2D eigenvalue weighted by Gasteiger charge is -2.34. The van der Waals surface area contributed by atoms with Crippen molar-refractivity contribution in [2.45, 2.75) is 18.3 Å². The molecular weight excluding hydrogens is 691 g/mol. The number of para-hydroxylation sites is 2. The number of hydrogen-bond donors (Lipinski definition) is 0. The van der Waals surface area contributed by atoms with E-state index in [2.05, 4.69) is 205 Å². The average molecular weight is 730 g/mol. The highest BCUT2D eigenvalue weighted by molar-refractivity contribution is 6.14. The molecule has 0 radical (unpaired) electrons. The molecule has 2 heteroatoms. The van der Waals surface area contributed by atoms with Gasteiger partial charge in [0.05, 0.1) is 17.0 Å². The van der Waals surface area contributed by atoms with Crippen molar-refractivity contribution in [1.29, 1.82) is 0 Å². The van der Waals surface area contributed by atoms with Crippen LogP contribution in [0, 0.1) is 11.8 Å². The maximum Gasteiger partial charge on any atom is 0.131 e. The molecule has 5 aliphatic rings.